The van der Waals surface area contributed by atoms with Crippen LogP contribution in [0.3, 0.4) is 0 Å². The third kappa shape index (κ3) is 21.3. The lowest BCUT2D eigenvalue weighted by Crippen LogP contribution is -2.50. The van der Waals surface area contributed by atoms with E-state index >= 15 is 0 Å². The summed E-state index contributed by atoms with van der Waals surface area (Å²) in [7, 11) is 0. The molecule has 102 heavy (non-hydrogen) atoms. The van der Waals surface area contributed by atoms with E-state index in [1.165, 1.54) is 42.8 Å². The molecule has 19 nitrogen and oxygen atoms in total. The van der Waals surface area contributed by atoms with E-state index in [9.17, 15) is 43.2 Å². The molecular formula is C80H87F3N8O11. The molecule has 0 saturated carbocycles. The lowest BCUT2D eigenvalue weighted by molar-refractivity contribution is 0.0230. The number of aromatic nitrogens is 3. The van der Waals surface area contributed by atoms with Crippen LogP contribution in [0, 0.1) is 17.5 Å². The molecule has 12 rings (SSSR count). The van der Waals surface area contributed by atoms with Crippen molar-refractivity contribution >= 4 is 35.3 Å². The number of carbonyl (C=O) groups is 2. The minimum absolute atomic E-state index is 0.276. The molecule has 3 aliphatic heterocycles. The van der Waals surface area contributed by atoms with E-state index in [1.54, 1.807) is 70.5 Å². The topological polar surface area (TPSA) is 216 Å². The number of aliphatic hydroxyl groups is 4. The molecule has 0 radical (unpaired) electrons. The number of ether oxygens (including phenoxy) is 5. The van der Waals surface area contributed by atoms with Gasteiger partial charge in [0.15, 0.2) is 0 Å². The van der Waals surface area contributed by atoms with Crippen molar-refractivity contribution in [2.24, 2.45) is 0 Å². The fraction of sp³-hybridized carbons (Fsp3) is 0.312. The van der Waals surface area contributed by atoms with Crippen LogP contribution in [0.25, 0.3) is 39.8 Å². The summed E-state index contributed by atoms with van der Waals surface area (Å²) < 4.78 is 67.6. The van der Waals surface area contributed by atoms with Crippen molar-refractivity contribution in [3.63, 3.8) is 0 Å². The van der Waals surface area contributed by atoms with Gasteiger partial charge in [0.05, 0.1) is 47.4 Å². The first kappa shape index (κ1) is 74.2. The first-order valence-corrected chi connectivity index (χ1v) is 34.0. The Labute approximate surface area is 593 Å². The van der Waals surface area contributed by atoms with Crippen LogP contribution in [-0.2, 0) is 9.47 Å². The molecule has 534 valence electrons. The van der Waals surface area contributed by atoms with Gasteiger partial charge in [-0.05, 0) is 249 Å². The highest BCUT2D eigenvalue weighted by Crippen LogP contribution is 2.35. The molecule has 4 N–H and O–H groups in total. The van der Waals surface area contributed by atoms with Crippen molar-refractivity contribution in [1.29, 1.82) is 0 Å². The van der Waals surface area contributed by atoms with Crippen molar-refractivity contribution in [2.45, 2.75) is 84.2 Å². The van der Waals surface area contributed by atoms with Gasteiger partial charge >= 0.3 is 12.2 Å². The zero-order valence-corrected chi connectivity index (χ0v) is 58.2. The summed E-state index contributed by atoms with van der Waals surface area (Å²) in [5, 5.41) is 39.4. The minimum atomic E-state index is -1.12. The van der Waals surface area contributed by atoms with Crippen molar-refractivity contribution in [1.82, 2.24) is 24.8 Å². The van der Waals surface area contributed by atoms with Crippen LogP contribution in [0.4, 0.5) is 39.8 Å². The molecule has 2 amide bonds. The Hall–Kier alpha value is -10.5. The van der Waals surface area contributed by atoms with Crippen LogP contribution in [0.2, 0.25) is 0 Å². The van der Waals surface area contributed by atoms with Crippen LogP contribution < -0.4 is 28.9 Å². The van der Waals surface area contributed by atoms with Crippen LogP contribution in [0.5, 0.6) is 34.5 Å². The Morgan fingerprint density at radius 1 is 0.422 bits per heavy atom. The average Bonchev–Trinajstić information content (AvgIpc) is 0.815. The molecule has 3 aliphatic rings. The number of hydrogen-bond acceptors (Lipinski definition) is 17. The van der Waals surface area contributed by atoms with Crippen molar-refractivity contribution < 1.29 is 66.9 Å². The van der Waals surface area contributed by atoms with Gasteiger partial charge in [0.1, 0.15) is 75.4 Å². The fourth-order valence-electron chi connectivity index (χ4n) is 11.3. The number of piperidine rings is 1. The summed E-state index contributed by atoms with van der Waals surface area (Å²) in [6.45, 7) is 20.9. The average molecular weight is 1390 g/mol. The lowest BCUT2D eigenvalue weighted by Gasteiger charge is -2.37. The van der Waals surface area contributed by atoms with E-state index in [2.05, 4.69) is 31.2 Å². The van der Waals surface area contributed by atoms with Gasteiger partial charge < -0.3 is 68.6 Å². The SMILES string of the molecule is C=Cc1cc(N2CCN(C(=O)OC(C)(C)C)CC2)cc(-c2ccc(Oc3ccc(F)cc3)cc2)n1.CC(C)(C)OC(=O)N1CCN(c2cc(-c3ccc(Oc4ccc(F)cc4)cc3)nc([C@@H](O)CO)c2)CC1.OC[C@H](O)c1cc(N2CCCCC2)cc(-c2ccc(Oc3ccc(F)cc3)cc2)n1. The first-order chi connectivity index (χ1) is 48.9. The second kappa shape index (κ2) is 34.2. The number of piperazine rings is 2. The smallest absolute Gasteiger partial charge is 0.410 e. The molecule has 6 aromatic carbocycles. The number of benzene rings is 6. The highest BCUT2D eigenvalue weighted by molar-refractivity contribution is 5.72. The van der Waals surface area contributed by atoms with Gasteiger partial charge in [-0.3, -0.25) is 0 Å². The number of rotatable bonds is 17. The standard InChI is InChI=1S/C28H32FN3O5.C28H30FN3O3.C24H25FN2O3/c1-28(2,3)37-27(35)32-14-12-31(13-15-32)21-16-24(30-25(17-21)26(34)18-33)19-4-8-22(9-5-19)36-23-10-6-20(29)7-11-23;1-5-22-18-23(31-14-16-32(17-15-31)27(33)35-28(2,3)4)19-26(30-22)20-6-10-24(11-7-20)34-25-12-8-21(29)9-13-25;25-18-6-10-21(11-7-18)30-20-8-4-17(5-9-20)22-14-19(27-12-2-1-3-13-27)15-23(26-22)24(29)16-28/h4-11,16-17,26,33-34H,12-15,18H2,1-3H3;5-13,18-19H,1,14-17H2,2-4H3;4-11,14-15,24,28-29H,1-3,12-13,16H2/t26-;;24-/m0.0/s1. The van der Waals surface area contributed by atoms with Crippen LogP contribution in [0.1, 0.15) is 90.1 Å². The Kier molecular flexibility index (Phi) is 24.9. The Morgan fingerprint density at radius 2 is 0.706 bits per heavy atom. The van der Waals surface area contributed by atoms with Gasteiger partial charge in [0.2, 0.25) is 0 Å². The summed E-state index contributed by atoms with van der Waals surface area (Å²) in [5.41, 5.74) is 8.20. The number of aliphatic hydroxyl groups excluding tert-OH is 4. The van der Waals surface area contributed by atoms with Gasteiger partial charge in [0, 0.05) is 99.2 Å². The van der Waals surface area contributed by atoms with Crippen molar-refractivity contribution in [3.8, 4) is 68.3 Å². The fourth-order valence-corrected chi connectivity index (χ4v) is 11.3. The van der Waals surface area contributed by atoms with Gasteiger partial charge in [-0.25, -0.2) is 37.7 Å². The monoisotopic (exact) mass is 1390 g/mol. The molecule has 0 spiro atoms. The van der Waals surface area contributed by atoms with Crippen molar-refractivity contribution in [3.05, 3.63) is 223 Å². The number of hydrogen-bond donors (Lipinski definition) is 4. The lowest BCUT2D eigenvalue weighted by atomic mass is 10.1. The summed E-state index contributed by atoms with van der Waals surface area (Å²) in [4.78, 5) is 48.8. The zero-order chi connectivity index (χ0) is 72.5. The van der Waals surface area contributed by atoms with E-state index in [0.717, 1.165) is 76.8 Å². The van der Waals surface area contributed by atoms with Gasteiger partial charge in [-0.2, -0.15) is 0 Å². The number of pyridine rings is 3. The predicted octanol–water partition coefficient (Wildman–Crippen LogP) is 15.8. The molecule has 3 aromatic heterocycles. The number of carbonyl (C=O) groups excluding carboxylic acids is 2. The van der Waals surface area contributed by atoms with E-state index in [0.29, 0.717) is 104 Å². The largest absolute Gasteiger partial charge is 0.457 e. The Bertz CT molecular complexity index is 4220. The Morgan fingerprint density at radius 3 is 1.00 bits per heavy atom. The summed E-state index contributed by atoms with van der Waals surface area (Å²) in [5.74, 6) is 2.57. The second-order valence-electron chi connectivity index (χ2n) is 26.7. The molecule has 0 bridgehead atoms. The van der Waals surface area contributed by atoms with Gasteiger partial charge in [-0.15, -0.1) is 0 Å². The van der Waals surface area contributed by atoms with E-state index in [1.807, 2.05) is 133 Å². The molecule has 3 saturated heterocycles. The third-order valence-corrected chi connectivity index (χ3v) is 16.6. The van der Waals surface area contributed by atoms with Crippen molar-refractivity contribution in [2.75, 3.05) is 93.4 Å². The molecule has 9 aromatic rings. The van der Waals surface area contributed by atoms with E-state index < -0.39 is 30.0 Å². The second-order valence-corrected chi connectivity index (χ2v) is 26.7. The maximum absolute atomic E-state index is 13.1. The van der Waals surface area contributed by atoms with E-state index in [-0.39, 0.29) is 36.2 Å². The van der Waals surface area contributed by atoms with Gasteiger partial charge in [0.25, 0.3) is 0 Å². The molecule has 3 fully saturated rings. The third-order valence-electron chi connectivity index (χ3n) is 16.6. The molecule has 2 atom stereocenters. The van der Waals surface area contributed by atoms with Gasteiger partial charge in [-0.1, -0.05) is 6.58 Å². The number of anilines is 3. The molecule has 0 aliphatic carbocycles. The van der Waals surface area contributed by atoms with Crippen LogP contribution in [0.15, 0.2) is 189 Å². The normalized spacial score (nSPS) is 14.6. The highest BCUT2D eigenvalue weighted by atomic mass is 19.1. The quantitative estimate of drug-likeness (QED) is 0.0667. The highest BCUT2D eigenvalue weighted by Gasteiger charge is 2.29. The molecule has 6 heterocycles. The van der Waals surface area contributed by atoms with Crippen LogP contribution >= 0.6 is 0 Å². The molecular weight excluding hydrogens is 1310 g/mol. The number of halogens is 3. The Balaban J connectivity index is 0.000000166. The maximum Gasteiger partial charge on any atom is 0.410 e. The maximum atomic E-state index is 13.1. The molecule has 0 unspecified atom stereocenters. The van der Waals surface area contributed by atoms with Crippen LogP contribution in [-0.4, -0.2) is 147 Å². The molecule has 22 heteroatoms. The zero-order valence-electron chi connectivity index (χ0n) is 58.2. The summed E-state index contributed by atoms with van der Waals surface area (Å²) >= 11 is 0. The summed E-state index contributed by atoms with van der Waals surface area (Å²) in [6, 6.07) is 51.5. The van der Waals surface area contributed by atoms with E-state index in [4.69, 9.17) is 28.7 Å². The number of nitrogens with zero attached hydrogens (tertiary/aromatic N) is 8. The summed E-state index contributed by atoms with van der Waals surface area (Å²) in [6.07, 6.45) is 2.50. The minimum Gasteiger partial charge on any atom is -0.457 e. The predicted molar refractivity (Wildman–Crippen MR) is 389 cm³/mol. The first-order valence-electron chi connectivity index (χ1n) is 34.0. The number of amides is 2.